The van der Waals surface area contributed by atoms with Gasteiger partial charge in [0.25, 0.3) is 0 Å². The molecule has 3 rings (SSSR count). The highest BCUT2D eigenvalue weighted by Crippen LogP contribution is 2.51. The molecule has 2 aromatic carbocycles. The van der Waals surface area contributed by atoms with Crippen LogP contribution in [0.2, 0.25) is 5.02 Å². The van der Waals surface area contributed by atoms with E-state index < -0.39 is 16.9 Å². The summed E-state index contributed by atoms with van der Waals surface area (Å²) in [5.41, 5.74) is 0.235. The fraction of sp³-hybridized carbons (Fsp3) is 0.478. The third-order valence-corrected chi connectivity index (χ3v) is 6.85. The molecule has 1 heterocycles. The predicted octanol–water partition coefficient (Wildman–Crippen LogP) is 6.42. The van der Waals surface area contributed by atoms with Crippen molar-refractivity contribution in [3.05, 3.63) is 58.6 Å². The minimum atomic E-state index is -0.564. The highest BCUT2D eigenvalue weighted by atomic mass is 35.5. The third-order valence-electron chi connectivity index (χ3n) is 5.22. The molecule has 0 saturated carbocycles. The van der Waals surface area contributed by atoms with E-state index in [0.29, 0.717) is 24.5 Å². The van der Waals surface area contributed by atoms with E-state index in [1.807, 2.05) is 12.1 Å². The van der Waals surface area contributed by atoms with Gasteiger partial charge in [-0.15, -0.1) is 11.8 Å². The van der Waals surface area contributed by atoms with Crippen LogP contribution in [0, 0.1) is 17.6 Å². The molecule has 30 heavy (non-hydrogen) atoms. The van der Waals surface area contributed by atoms with Crippen LogP contribution in [0.25, 0.3) is 0 Å². The number of unbranched alkanes of at least 4 members (excludes halogenated alkanes) is 1. The Hall–Kier alpha value is -1.34. The number of fused-ring (bicyclic) bond motifs is 1. The van der Waals surface area contributed by atoms with Crippen LogP contribution in [-0.4, -0.2) is 31.0 Å². The molecule has 0 aromatic heterocycles. The quantitative estimate of drug-likeness (QED) is 0.419. The van der Waals surface area contributed by atoms with E-state index in [-0.39, 0.29) is 36.5 Å². The Morgan fingerprint density at radius 2 is 1.90 bits per heavy atom. The van der Waals surface area contributed by atoms with Gasteiger partial charge in [-0.25, -0.2) is 8.78 Å². The molecule has 1 aliphatic rings. The van der Waals surface area contributed by atoms with Crippen LogP contribution >= 0.6 is 23.4 Å². The molecule has 3 atom stereocenters. The molecule has 3 nitrogen and oxygen atoms in total. The molecule has 0 spiro atoms. The molecule has 0 aliphatic carbocycles. The van der Waals surface area contributed by atoms with E-state index in [1.54, 1.807) is 12.1 Å². The summed E-state index contributed by atoms with van der Waals surface area (Å²) in [5, 5.41) is 9.56. The van der Waals surface area contributed by atoms with E-state index in [0.717, 1.165) is 29.9 Å². The van der Waals surface area contributed by atoms with Gasteiger partial charge in [-0.2, -0.15) is 0 Å². The van der Waals surface area contributed by atoms with E-state index in [2.05, 4.69) is 6.92 Å². The Labute approximate surface area is 185 Å². The molecule has 1 N–H and O–H groups in total. The highest BCUT2D eigenvalue weighted by Gasteiger charge is 2.40. The second-order valence-electron chi connectivity index (χ2n) is 7.37. The first kappa shape index (κ1) is 23.3. The Morgan fingerprint density at radius 3 is 2.60 bits per heavy atom. The standard InChI is InChI=1S/C23H27ClF2O3S/c1-2-3-13-28-20(5-4-12-27)17-14-29-22-19(26)11-10-18(25)21(22)23(17)30-16-8-6-15(24)7-9-16/h6-11,17,20,23,27H,2-5,12-14H2,1H3/t17-,20+,23-/m1/s1. The van der Waals surface area contributed by atoms with E-state index in [9.17, 15) is 13.9 Å². The molecule has 0 amide bonds. The fourth-order valence-electron chi connectivity index (χ4n) is 3.64. The molecule has 0 fully saturated rings. The number of aliphatic hydroxyl groups is 1. The summed E-state index contributed by atoms with van der Waals surface area (Å²) in [6.07, 6.45) is 2.88. The normalized spacial score (nSPS) is 19.2. The van der Waals surface area contributed by atoms with Crippen molar-refractivity contribution in [3.8, 4) is 5.75 Å². The predicted molar refractivity (Wildman–Crippen MR) is 116 cm³/mol. The Kier molecular flexibility index (Phi) is 8.81. The zero-order valence-corrected chi connectivity index (χ0v) is 18.5. The molecule has 164 valence electrons. The minimum Gasteiger partial charge on any atom is -0.490 e. The summed E-state index contributed by atoms with van der Waals surface area (Å²) < 4.78 is 41.2. The van der Waals surface area contributed by atoms with Gasteiger partial charge in [0, 0.05) is 39.9 Å². The van der Waals surface area contributed by atoms with E-state index in [1.165, 1.54) is 11.8 Å². The third kappa shape index (κ3) is 5.67. The van der Waals surface area contributed by atoms with Crippen LogP contribution in [0.5, 0.6) is 5.75 Å². The van der Waals surface area contributed by atoms with Crippen molar-refractivity contribution in [2.45, 2.75) is 48.9 Å². The lowest BCUT2D eigenvalue weighted by atomic mass is 9.88. The number of benzene rings is 2. The van der Waals surface area contributed by atoms with Crippen LogP contribution < -0.4 is 4.74 Å². The van der Waals surface area contributed by atoms with Gasteiger partial charge < -0.3 is 14.6 Å². The average molecular weight is 457 g/mol. The Bertz CT molecular complexity index is 819. The van der Waals surface area contributed by atoms with Crippen molar-refractivity contribution in [2.75, 3.05) is 19.8 Å². The maximum atomic E-state index is 14.9. The molecular formula is C23H27ClF2O3S. The van der Waals surface area contributed by atoms with Crippen LogP contribution in [0.15, 0.2) is 41.3 Å². The van der Waals surface area contributed by atoms with Crippen molar-refractivity contribution in [2.24, 2.45) is 5.92 Å². The lowest BCUT2D eigenvalue weighted by molar-refractivity contribution is -0.0187. The SMILES string of the molecule is CCCCO[C@@H](CCCO)[C@H]1COc2c(F)ccc(F)c2[C@@H]1Sc1ccc(Cl)cc1. The van der Waals surface area contributed by atoms with Gasteiger partial charge in [0.2, 0.25) is 0 Å². The maximum Gasteiger partial charge on any atom is 0.165 e. The van der Waals surface area contributed by atoms with Crippen molar-refractivity contribution in [1.82, 2.24) is 0 Å². The van der Waals surface area contributed by atoms with Crippen molar-refractivity contribution in [3.63, 3.8) is 0 Å². The van der Waals surface area contributed by atoms with E-state index in [4.69, 9.17) is 21.1 Å². The zero-order valence-electron chi connectivity index (χ0n) is 17.0. The van der Waals surface area contributed by atoms with Gasteiger partial charge in [-0.05, 0) is 55.7 Å². The van der Waals surface area contributed by atoms with Gasteiger partial charge in [0.05, 0.1) is 12.7 Å². The number of halogens is 3. The van der Waals surface area contributed by atoms with Gasteiger partial charge in [0.15, 0.2) is 11.6 Å². The summed E-state index contributed by atoms with van der Waals surface area (Å²) in [5.74, 6) is -1.27. The number of rotatable bonds is 10. The number of hydrogen-bond acceptors (Lipinski definition) is 4. The maximum absolute atomic E-state index is 14.9. The Morgan fingerprint density at radius 1 is 1.17 bits per heavy atom. The van der Waals surface area contributed by atoms with Gasteiger partial charge in [-0.3, -0.25) is 0 Å². The second-order valence-corrected chi connectivity index (χ2v) is 9.02. The summed E-state index contributed by atoms with van der Waals surface area (Å²) in [7, 11) is 0. The fourth-order valence-corrected chi connectivity index (χ4v) is 5.12. The summed E-state index contributed by atoms with van der Waals surface area (Å²) in [6.45, 7) is 2.94. The smallest absolute Gasteiger partial charge is 0.165 e. The first-order chi connectivity index (χ1) is 14.5. The van der Waals surface area contributed by atoms with Crippen LogP contribution in [-0.2, 0) is 4.74 Å². The minimum absolute atomic E-state index is 0.0211. The van der Waals surface area contributed by atoms with Gasteiger partial charge >= 0.3 is 0 Å². The number of aliphatic hydroxyl groups excluding tert-OH is 1. The van der Waals surface area contributed by atoms with Crippen molar-refractivity contribution >= 4 is 23.4 Å². The van der Waals surface area contributed by atoms with Crippen molar-refractivity contribution < 1.29 is 23.4 Å². The molecular weight excluding hydrogens is 430 g/mol. The first-order valence-electron chi connectivity index (χ1n) is 10.3. The highest BCUT2D eigenvalue weighted by molar-refractivity contribution is 7.99. The topological polar surface area (TPSA) is 38.7 Å². The van der Waals surface area contributed by atoms with Crippen molar-refractivity contribution in [1.29, 1.82) is 0 Å². The molecule has 1 aliphatic heterocycles. The zero-order chi connectivity index (χ0) is 21.5. The van der Waals surface area contributed by atoms with Crippen LogP contribution in [0.4, 0.5) is 8.78 Å². The second kappa shape index (κ2) is 11.3. The number of ether oxygens (including phenoxy) is 2. The summed E-state index contributed by atoms with van der Waals surface area (Å²) >= 11 is 7.47. The first-order valence-corrected chi connectivity index (χ1v) is 11.6. The molecule has 0 saturated heterocycles. The molecule has 0 unspecified atom stereocenters. The van der Waals surface area contributed by atoms with Gasteiger partial charge in [0.1, 0.15) is 5.82 Å². The molecule has 7 heteroatoms. The molecule has 0 bridgehead atoms. The number of hydrogen-bond donors (Lipinski definition) is 1. The largest absolute Gasteiger partial charge is 0.490 e. The average Bonchev–Trinajstić information content (AvgIpc) is 2.75. The van der Waals surface area contributed by atoms with Crippen LogP contribution in [0.1, 0.15) is 43.4 Å². The monoisotopic (exact) mass is 456 g/mol. The molecule has 0 radical (unpaired) electrons. The van der Waals surface area contributed by atoms with Gasteiger partial charge in [-0.1, -0.05) is 24.9 Å². The Balaban J connectivity index is 1.96. The number of thioether (sulfide) groups is 1. The summed E-state index contributed by atoms with van der Waals surface area (Å²) in [4.78, 5) is 0.903. The van der Waals surface area contributed by atoms with Crippen LogP contribution in [0.3, 0.4) is 0 Å². The molecule has 2 aromatic rings. The lowest BCUT2D eigenvalue weighted by Crippen LogP contribution is -2.37. The van der Waals surface area contributed by atoms with E-state index >= 15 is 0 Å². The summed E-state index contributed by atoms with van der Waals surface area (Å²) in [6, 6.07) is 9.55. The lowest BCUT2D eigenvalue weighted by Gasteiger charge is -2.38.